The average Bonchev–Trinajstić information content (AvgIpc) is 2.91. The Morgan fingerprint density at radius 2 is 1.74 bits per heavy atom. The van der Waals surface area contributed by atoms with E-state index in [-0.39, 0.29) is 37.1 Å². The van der Waals surface area contributed by atoms with Crippen molar-refractivity contribution in [3.05, 3.63) is 53.1 Å². The predicted octanol–water partition coefficient (Wildman–Crippen LogP) is 4.44. The second-order valence-corrected chi connectivity index (χ2v) is 15.8. The average molecular weight is 558 g/mol. The molecular weight excluding hydrogens is 510 g/mol. The van der Waals surface area contributed by atoms with E-state index in [1.54, 1.807) is 6.92 Å². The Bertz CT molecular complexity index is 1060. The summed E-state index contributed by atoms with van der Waals surface area (Å²) in [5.74, 6) is 0.547. The molecule has 8 heteroatoms. The molecule has 2 aromatic carbocycles. The summed E-state index contributed by atoms with van der Waals surface area (Å²) in [6, 6.07) is 13.5. The molecule has 216 valence electrons. The maximum absolute atomic E-state index is 12.1. The number of phenolic OH excluding ortho intramolecular Hbond substituents is 1. The number of benzene rings is 2. The van der Waals surface area contributed by atoms with E-state index in [4.69, 9.17) is 9.47 Å². The third-order valence-corrected chi connectivity index (χ3v) is 10.5. The molecule has 0 aromatic heterocycles. The van der Waals surface area contributed by atoms with E-state index in [2.05, 4.69) is 42.7 Å². The lowest BCUT2D eigenvalue weighted by molar-refractivity contribution is -0.121. The SMILES string of the molecule is CCCNC(=O)CCc1cc(CCC(C)=O)c(OCC(O)COCCC[Si](C)(C)c2ccccc2)c(C)c1O. The number of amides is 1. The number of carbonyl (C=O) groups is 2. The first kappa shape index (κ1) is 32.5. The van der Waals surface area contributed by atoms with E-state index < -0.39 is 14.2 Å². The van der Waals surface area contributed by atoms with E-state index in [1.165, 1.54) is 12.1 Å². The van der Waals surface area contributed by atoms with Gasteiger partial charge in [0.1, 0.15) is 30.0 Å². The minimum atomic E-state index is -1.51. The van der Waals surface area contributed by atoms with E-state index in [0.29, 0.717) is 49.3 Å². The fourth-order valence-electron chi connectivity index (χ4n) is 4.52. The van der Waals surface area contributed by atoms with Crippen LogP contribution < -0.4 is 15.2 Å². The van der Waals surface area contributed by atoms with E-state index in [1.807, 2.05) is 19.1 Å². The standard InChI is InChI=1S/C31H47NO6Si/c1-6-17-32-29(35)16-15-25-20-26(14-13-23(2)33)31(24(3)30(25)36)38-22-27(34)21-37-18-10-19-39(4,5)28-11-8-7-9-12-28/h7-9,11-12,20,27,34,36H,6,10,13-19,21-22H2,1-5H3,(H,32,35). The van der Waals surface area contributed by atoms with Gasteiger partial charge in [-0.3, -0.25) is 4.79 Å². The number of hydrogen-bond acceptors (Lipinski definition) is 6. The van der Waals surface area contributed by atoms with E-state index in [0.717, 1.165) is 24.4 Å². The van der Waals surface area contributed by atoms with Gasteiger partial charge in [-0.15, -0.1) is 0 Å². The molecular formula is C31H47NO6Si. The first-order chi connectivity index (χ1) is 18.5. The lowest BCUT2D eigenvalue weighted by Gasteiger charge is -2.23. The van der Waals surface area contributed by atoms with Gasteiger partial charge in [-0.25, -0.2) is 0 Å². The zero-order valence-electron chi connectivity index (χ0n) is 24.3. The number of carbonyl (C=O) groups excluding carboxylic acids is 2. The molecule has 0 heterocycles. The molecule has 2 aromatic rings. The zero-order valence-corrected chi connectivity index (χ0v) is 25.3. The maximum Gasteiger partial charge on any atom is 0.220 e. The second-order valence-electron chi connectivity index (χ2n) is 10.9. The minimum Gasteiger partial charge on any atom is -0.507 e. The number of hydrogen-bond donors (Lipinski definition) is 3. The zero-order chi connectivity index (χ0) is 28.8. The van der Waals surface area contributed by atoms with Crippen LogP contribution in [0.3, 0.4) is 0 Å². The van der Waals surface area contributed by atoms with Crippen molar-refractivity contribution >= 4 is 25.0 Å². The van der Waals surface area contributed by atoms with Crippen LogP contribution in [0, 0.1) is 6.92 Å². The Labute approximate surface area is 234 Å². The van der Waals surface area contributed by atoms with Gasteiger partial charge in [0.15, 0.2) is 0 Å². The predicted molar refractivity (Wildman–Crippen MR) is 159 cm³/mol. The molecule has 0 aliphatic carbocycles. The van der Waals surface area contributed by atoms with Crippen LogP contribution in [0.5, 0.6) is 11.5 Å². The highest BCUT2D eigenvalue weighted by molar-refractivity contribution is 6.89. The van der Waals surface area contributed by atoms with Crippen LogP contribution in [0.15, 0.2) is 36.4 Å². The number of phenols is 1. The molecule has 0 aliphatic heterocycles. The van der Waals surface area contributed by atoms with Crippen LogP contribution in [0.1, 0.15) is 56.2 Å². The van der Waals surface area contributed by atoms with Crippen LogP contribution >= 0.6 is 0 Å². The third-order valence-electron chi connectivity index (χ3n) is 6.96. The number of aryl methyl sites for hydroxylation is 2. The molecule has 0 bridgehead atoms. The molecule has 0 saturated carbocycles. The largest absolute Gasteiger partial charge is 0.507 e. The normalized spacial score (nSPS) is 12.3. The highest BCUT2D eigenvalue weighted by Crippen LogP contribution is 2.36. The van der Waals surface area contributed by atoms with Gasteiger partial charge in [-0.05, 0) is 56.7 Å². The van der Waals surface area contributed by atoms with Crippen LogP contribution in [0.2, 0.25) is 19.1 Å². The quantitative estimate of drug-likeness (QED) is 0.185. The van der Waals surface area contributed by atoms with Gasteiger partial charge >= 0.3 is 0 Å². The molecule has 3 N–H and O–H groups in total. The fraction of sp³-hybridized carbons (Fsp3) is 0.548. The number of Topliss-reactive ketones (excluding diaryl/α,β-unsaturated/α-hetero) is 1. The summed E-state index contributed by atoms with van der Waals surface area (Å²) >= 11 is 0. The van der Waals surface area contributed by atoms with Gasteiger partial charge in [0, 0.05) is 31.6 Å². The number of ether oxygens (including phenoxy) is 2. The van der Waals surface area contributed by atoms with Crippen molar-refractivity contribution in [3.63, 3.8) is 0 Å². The van der Waals surface area contributed by atoms with E-state index >= 15 is 0 Å². The second kappa shape index (κ2) is 16.4. The van der Waals surface area contributed by atoms with Crippen molar-refractivity contribution in [1.29, 1.82) is 0 Å². The summed E-state index contributed by atoms with van der Waals surface area (Å²) in [7, 11) is -1.51. The first-order valence-electron chi connectivity index (χ1n) is 14.1. The van der Waals surface area contributed by atoms with Gasteiger partial charge in [0.2, 0.25) is 5.91 Å². The van der Waals surface area contributed by atoms with Crippen molar-refractivity contribution in [2.45, 2.75) is 84.5 Å². The van der Waals surface area contributed by atoms with Crippen LogP contribution in [0.25, 0.3) is 0 Å². The molecule has 2 rings (SSSR count). The summed E-state index contributed by atoms with van der Waals surface area (Å²) in [6.45, 7) is 11.4. The van der Waals surface area contributed by atoms with Gasteiger partial charge in [0.05, 0.1) is 14.7 Å². The lowest BCUT2D eigenvalue weighted by atomic mass is 9.96. The molecule has 1 atom stereocenters. The van der Waals surface area contributed by atoms with Crippen molar-refractivity contribution in [2.24, 2.45) is 0 Å². The lowest BCUT2D eigenvalue weighted by Crippen LogP contribution is -2.41. The summed E-state index contributed by atoms with van der Waals surface area (Å²) in [6.07, 6.45) is 2.41. The molecule has 0 saturated heterocycles. The number of ketones is 1. The topological polar surface area (TPSA) is 105 Å². The molecule has 0 fully saturated rings. The Morgan fingerprint density at radius 3 is 2.41 bits per heavy atom. The summed E-state index contributed by atoms with van der Waals surface area (Å²) in [5.41, 5.74) is 1.97. The van der Waals surface area contributed by atoms with Crippen LogP contribution in [0.4, 0.5) is 0 Å². The first-order valence-corrected chi connectivity index (χ1v) is 17.3. The fourth-order valence-corrected chi connectivity index (χ4v) is 6.93. The van der Waals surface area contributed by atoms with Crippen molar-refractivity contribution < 1.29 is 29.3 Å². The molecule has 0 radical (unpaired) electrons. The van der Waals surface area contributed by atoms with Crippen LogP contribution in [-0.4, -0.2) is 62.4 Å². The van der Waals surface area contributed by atoms with Crippen LogP contribution in [-0.2, 0) is 27.2 Å². The number of aliphatic hydroxyl groups excluding tert-OH is 1. The van der Waals surface area contributed by atoms with Gasteiger partial charge in [-0.1, -0.05) is 61.6 Å². The third kappa shape index (κ3) is 11.1. The van der Waals surface area contributed by atoms with Gasteiger partial charge in [0.25, 0.3) is 0 Å². The molecule has 1 unspecified atom stereocenters. The Morgan fingerprint density at radius 1 is 1.05 bits per heavy atom. The number of rotatable bonds is 18. The van der Waals surface area contributed by atoms with Gasteiger partial charge < -0.3 is 29.8 Å². The molecule has 1 amide bonds. The van der Waals surface area contributed by atoms with Crippen molar-refractivity contribution in [3.8, 4) is 11.5 Å². The monoisotopic (exact) mass is 557 g/mol. The van der Waals surface area contributed by atoms with Crippen molar-refractivity contribution in [2.75, 3.05) is 26.4 Å². The molecule has 39 heavy (non-hydrogen) atoms. The Balaban J connectivity index is 1.92. The van der Waals surface area contributed by atoms with Gasteiger partial charge in [-0.2, -0.15) is 0 Å². The maximum atomic E-state index is 12.1. The molecule has 0 aliphatic rings. The molecule has 0 spiro atoms. The summed E-state index contributed by atoms with van der Waals surface area (Å²) in [4.78, 5) is 23.7. The smallest absolute Gasteiger partial charge is 0.220 e. The Hall–Kier alpha value is -2.68. The number of aromatic hydroxyl groups is 1. The summed E-state index contributed by atoms with van der Waals surface area (Å²) in [5, 5.41) is 25.6. The highest BCUT2D eigenvalue weighted by Gasteiger charge is 2.22. The number of nitrogens with one attached hydrogen (secondary N) is 1. The van der Waals surface area contributed by atoms with Crippen molar-refractivity contribution in [1.82, 2.24) is 5.32 Å². The molecule has 7 nitrogen and oxygen atoms in total. The number of aliphatic hydroxyl groups is 1. The van der Waals surface area contributed by atoms with E-state index in [9.17, 15) is 19.8 Å². The minimum absolute atomic E-state index is 0.0103. The summed E-state index contributed by atoms with van der Waals surface area (Å²) < 4.78 is 11.7. The highest BCUT2D eigenvalue weighted by atomic mass is 28.3. The Kier molecular flexibility index (Phi) is 13.7.